The van der Waals surface area contributed by atoms with Gasteiger partial charge in [-0.1, -0.05) is 48.5 Å². The van der Waals surface area contributed by atoms with Crippen LogP contribution in [0.3, 0.4) is 0 Å². The molecule has 0 saturated carbocycles. The third-order valence-corrected chi connectivity index (χ3v) is 15.5. The smallest absolute Gasteiger partial charge is 0.270 e. The van der Waals surface area contributed by atoms with Crippen LogP contribution in [0, 0.1) is 40.5 Å². The van der Waals surface area contributed by atoms with Crippen molar-refractivity contribution in [2.24, 2.45) is 0 Å². The number of hydrogen-bond donors (Lipinski definition) is 8. The molecule has 392 valence electrons. The highest BCUT2D eigenvalue weighted by atomic mass is 16.6. The second kappa shape index (κ2) is 18.8. The van der Waals surface area contributed by atoms with Crippen molar-refractivity contribution in [2.45, 2.75) is 64.2 Å². The number of nitro benzene ring substituents is 4. The molecule has 8 aromatic rings. The van der Waals surface area contributed by atoms with Crippen LogP contribution in [0.15, 0.2) is 97.1 Å². The van der Waals surface area contributed by atoms with E-state index in [1.54, 1.807) is 48.5 Å². The van der Waals surface area contributed by atoms with E-state index in [1.807, 2.05) is 0 Å². The lowest BCUT2D eigenvalue weighted by molar-refractivity contribution is -0.385. The minimum Gasteiger partial charge on any atom is -0.507 e. The lowest BCUT2D eigenvalue weighted by Crippen LogP contribution is -2.09. The average Bonchev–Trinajstić information content (AvgIpc) is 3.42. The average molecular weight is 1050 g/mol. The molecule has 78 heavy (non-hydrogen) atoms. The fraction of sp³-hybridized carbons (Fsp3) is 0.172. The summed E-state index contributed by atoms with van der Waals surface area (Å²) in [6.07, 6.45) is -2.73. The zero-order valence-electron chi connectivity index (χ0n) is 40.9. The van der Waals surface area contributed by atoms with Crippen molar-refractivity contribution in [3.63, 3.8) is 0 Å². The summed E-state index contributed by atoms with van der Waals surface area (Å²) in [6.45, 7) is 0. The summed E-state index contributed by atoms with van der Waals surface area (Å²) < 4.78 is 0. The Morgan fingerprint density at radius 3 is 0.603 bits per heavy atom. The topological polar surface area (TPSA) is 334 Å². The molecule has 8 aromatic carbocycles. The fourth-order valence-corrected chi connectivity index (χ4v) is 11.4. The molecule has 0 aromatic heterocycles. The molecule has 0 radical (unpaired) electrons. The van der Waals surface area contributed by atoms with Gasteiger partial charge in [-0.25, -0.2) is 0 Å². The van der Waals surface area contributed by atoms with E-state index in [1.165, 1.54) is 0 Å². The van der Waals surface area contributed by atoms with E-state index in [9.17, 15) is 81.3 Å². The third-order valence-electron chi connectivity index (χ3n) is 15.5. The van der Waals surface area contributed by atoms with E-state index in [0.717, 1.165) is 48.5 Å². The maximum atomic E-state index is 12.7. The summed E-state index contributed by atoms with van der Waals surface area (Å²) >= 11 is 0. The first kappa shape index (κ1) is 49.9. The third kappa shape index (κ3) is 8.73. The number of phenols is 8. The van der Waals surface area contributed by atoms with Crippen LogP contribution in [0.2, 0.25) is 0 Å². The van der Waals surface area contributed by atoms with Gasteiger partial charge in [0.1, 0.15) is 46.0 Å². The first-order valence-electron chi connectivity index (χ1n) is 24.5. The van der Waals surface area contributed by atoms with Crippen molar-refractivity contribution in [3.05, 3.63) is 249 Å². The van der Waals surface area contributed by atoms with Crippen LogP contribution >= 0.6 is 0 Å². The Kier molecular flexibility index (Phi) is 12.1. The molecule has 0 saturated heterocycles. The number of nitrogens with zero attached hydrogens (tertiary/aromatic N) is 4. The lowest BCUT2D eigenvalue weighted by Gasteiger charge is -2.23. The van der Waals surface area contributed by atoms with Gasteiger partial charge in [-0.2, -0.15) is 0 Å². The first-order valence-corrected chi connectivity index (χ1v) is 24.5. The second-order valence-corrected chi connectivity index (χ2v) is 20.1. The highest BCUT2D eigenvalue weighted by Crippen LogP contribution is 2.46. The molecule has 20 bridgehead atoms. The summed E-state index contributed by atoms with van der Waals surface area (Å²) in [5.74, 6) is -3.10. The van der Waals surface area contributed by atoms with Gasteiger partial charge in [-0.15, -0.1) is 0 Å². The molecule has 16 rings (SSSR count). The van der Waals surface area contributed by atoms with E-state index in [-0.39, 0.29) is 163 Å². The predicted octanol–water partition coefficient (Wildman–Crippen LogP) is 9.81. The predicted molar refractivity (Wildman–Crippen MR) is 280 cm³/mol. The zero-order chi connectivity index (χ0) is 55.2. The zero-order valence-corrected chi connectivity index (χ0v) is 40.9. The van der Waals surface area contributed by atoms with Crippen LogP contribution < -0.4 is 0 Å². The van der Waals surface area contributed by atoms with Gasteiger partial charge in [0, 0.05) is 167 Å². The molecule has 20 nitrogen and oxygen atoms in total. The van der Waals surface area contributed by atoms with Crippen LogP contribution in [-0.2, 0) is 64.2 Å². The molecule has 0 heterocycles. The normalized spacial score (nSPS) is 13.4. The number of phenolic OH excluding ortho intramolecular Hbond substituents is 8. The van der Waals surface area contributed by atoms with Crippen molar-refractivity contribution in [2.75, 3.05) is 0 Å². The van der Waals surface area contributed by atoms with Gasteiger partial charge in [-0.3, -0.25) is 40.5 Å². The second-order valence-electron chi connectivity index (χ2n) is 20.1. The number of aromatic hydroxyl groups is 8. The van der Waals surface area contributed by atoms with Crippen molar-refractivity contribution in [1.29, 1.82) is 0 Å². The fourth-order valence-electron chi connectivity index (χ4n) is 11.4. The van der Waals surface area contributed by atoms with Gasteiger partial charge in [-0.05, 0) is 57.3 Å². The number of benzene rings is 8. The number of hydrogen-bond acceptors (Lipinski definition) is 16. The van der Waals surface area contributed by atoms with E-state index < -0.39 is 78.3 Å². The molecule has 0 fully saturated rings. The summed E-state index contributed by atoms with van der Waals surface area (Å²) in [4.78, 5) is 47.1. The van der Waals surface area contributed by atoms with Crippen molar-refractivity contribution in [3.8, 4) is 46.0 Å². The number of rotatable bonds is 4. The number of nitro groups is 4. The lowest BCUT2D eigenvalue weighted by atomic mass is 9.83. The van der Waals surface area contributed by atoms with Gasteiger partial charge in [0.25, 0.3) is 22.7 Å². The number of fused-ring (bicyclic) bond motifs is 2. The van der Waals surface area contributed by atoms with Crippen molar-refractivity contribution < 1.29 is 60.5 Å². The highest BCUT2D eigenvalue weighted by Gasteiger charge is 2.30. The Balaban J connectivity index is 1.22. The maximum absolute atomic E-state index is 12.7. The molecular weight excluding hydrogens is 1010 g/mol. The largest absolute Gasteiger partial charge is 0.507 e. The quantitative estimate of drug-likeness (QED) is 0.0600. The standard InChI is InChI=1S/C58H44N4O16/c63-51-35-11-31-5-1-27-9-29-3-7-34(58(70)49(29)25-41-21-45(61(75)76)19-39(53(41)65)13-37(51)17-43(15-35)59(71)72)24-48-28-2-6-32(56(48)68)12-36-16-44(60(73)74)18-38(52(36)64)14-40-20-46(62(77)78)22-42(54(40)66)26-50-30(10-28)4-8-33(57(50)69)23-47(27)55(31)67/h1-8,15-22,63-70H,9-14,23-26H2. The molecule has 8 aliphatic rings. The van der Waals surface area contributed by atoms with Gasteiger partial charge < -0.3 is 40.9 Å². The van der Waals surface area contributed by atoms with E-state index >= 15 is 0 Å². The molecule has 20 heteroatoms. The van der Waals surface area contributed by atoms with Crippen LogP contribution in [-0.4, -0.2) is 60.5 Å². The summed E-state index contributed by atoms with van der Waals surface area (Å²) in [5, 5.41) is 148. The van der Waals surface area contributed by atoms with Crippen LogP contribution in [0.25, 0.3) is 0 Å². The van der Waals surface area contributed by atoms with E-state index in [4.69, 9.17) is 0 Å². The molecule has 8 aliphatic carbocycles. The summed E-state index contributed by atoms with van der Waals surface area (Å²) in [5.41, 5.74) is 1.13. The van der Waals surface area contributed by atoms with Gasteiger partial charge in [0.2, 0.25) is 0 Å². The van der Waals surface area contributed by atoms with E-state index in [0.29, 0.717) is 22.3 Å². The van der Waals surface area contributed by atoms with Crippen LogP contribution in [0.5, 0.6) is 46.0 Å². The number of non-ortho nitro benzene ring substituents is 4. The van der Waals surface area contributed by atoms with Crippen LogP contribution in [0.1, 0.15) is 111 Å². The molecule has 0 spiro atoms. The molecule has 0 unspecified atom stereocenters. The Labute approximate surface area is 440 Å². The minimum absolute atomic E-state index is 0.00104. The summed E-state index contributed by atoms with van der Waals surface area (Å²) in [7, 11) is 0. The molecule has 0 amide bonds. The van der Waals surface area contributed by atoms with Crippen molar-refractivity contribution >= 4 is 22.7 Å². The minimum atomic E-state index is -0.688. The Bertz CT molecular complexity index is 3750. The van der Waals surface area contributed by atoms with E-state index in [2.05, 4.69) is 0 Å². The Hall–Kier alpha value is -10.2. The SMILES string of the molecule is O=[N+]([O-])c1cc2c(O)c(c1)Cc1ccc3c(c1O)Cc1ccc4c(c1O)Cc1cc([N+](=O)[O-])cc(c1O)Cc1cc([N+](=O)[O-])cc(c1O)Cc1ccc(c(c1O)Cc1ccc(c(c1O)Cc1cc([N+](=O)[O-])cc(c1O)C2)C3)C4. The van der Waals surface area contributed by atoms with Crippen molar-refractivity contribution in [1.82, 2.24) is 0 Å². The molecule has 0 aliphatic heterocycles. The van der Waals surface area contributed by atoms with Gasteiger partial charge >= 0.3 is 0 Å². The molecular formula is C58H44N4O16. The van der Waals surface area contributed by atoms with Gasteiger partial charge in [0.05, 0.1) is 19.7 Å². The monoisotopic (exact) mass is 1050 g/mol. The van der Waals surface area contributed by atoms with Crippen LogP contribution in [0.4, 0.5) is 22.7 Å². The highest BCUT2D eigenvalue weighted by molar-refractivity contribution is 5.65. The Morgan fingerprint density at radius 1 is 0.231 bits per heavy atom. The Morgan fingerprint density at radius 2 is 0.385 bits per heavy atom. The molecule has 8 N–H and O–H groups in total. The first-order chi connectivity index (χ1) is 37.2. The summed E-state index contributed by atoms with van der Waals surface area (Å²) in [6, 6.07) is 22.1. The molecule has 0 atom stereocenters. The van der Waals surface area contributed by atoms with Gasteiger partial charge in [0.15, 0.2) is 0 Å². The maximum Gasteiger partial charge on any atom is 0.270 e.